The van der Waals surface area contributed by atoms with Crippen LogP contribution < -0.4 is 15.2 Å². The summed E-state index contributed by atoms with van der Waals surface area (Å²) in [6.45, 7) is 16.1. The second-order valence-corrected chi connectivity index (χ2v) is 10.2. The zero-order chi connectivity index (χ0) is 25.1. The highest BCUT2D eigenvalue weighted by atomic mass is 16.5. The number of nitrogens with zero attached hydrogens (tertiary/aromatic N) is 5. The van der Waals surface area contributed by atoms with E-state index in [2.05, 4.69) is 40.2 Å². The van der Waals surface area contributed by atoms with E-state index >= 15 is 0 Å². The van der Waals surface area contributed by atoms with Crippen molar-refractivity contribution in [2.75, 3.05) is 19.7 Å². The lowest BCUT2D eigenvalue weighted by Crippen LogP contribution is -2.41. The maximum atomic E-state index is 6.40. The van der Waals surface area contributed by atoms with E-state index in [9.17, 15) is 0 Å². The van der Waals surface area contributed by atoms with Crippen LogP contribution in [0.4, 0.5) is 0 Å². The Kier molecular flexibility index (Phi) is 7.79. The van der Waals surface area contributed by atoms with Gasteiger partial charge in [0, 0.05) is 24.3 Å². The third-order valence-corrected chi connectivity index (χ3v) is 6.74. The summed E-state index contributed by atoms with van der Waals surface area (Å²) in [4.78, 5) is 16.5. The number of aliphatic imine (C=N–C) groups is 2. The van der Waals surface area contributed by atoms with Crippen molar-refractivity contribution in [3.05, 3.63) is 30.1 Å². The molecule has 190 valence electrons. The number of aromatic nitrogens is 2. The number of likely N-dealkylation sites (tertiary alicyclic amines) is 1. The fraction of sp³-hybridized carbons (Fsp3) is 0.593. The SMILES string of the molecule is CC(N)=NC(=NC(C)C)c1cn2c(n1)-c1ccc(OC(C)C3CCN(C(C)C)CC3)cc1OCC2. The number of benzene rings is 1. The summed E-state index contributed by atoms with van der Waals surface area (Å²) in [5.74, 6) is 4.06. The number of imidazole rings is 1. The van der Waals surface area contributed by atoms with Crippen LogP contribution in [-0.2, 0) is 6.54 Å². The Bertz CT molecular complexity index is 1080. The molecule has 0 bridgehead atoms. The highest BCUT2D eigenvalue weighted by molar-refractivity contribution is 6.04. The summed E-state index contributed by atoms with van der Waals surface area (Å²) in [7, 11) is 0. The molecule has 1 unspecified atom stereocenters. The predicted molar refractivity (Wildman–Crippen MR) is 142 cm³/mol. The van der Waals surface area contributed by atoms with Crippen LogP contribution in [0.2, 0.25) is 0 Å². The zero-order valence-electron chi connectivity index (χ0n) is 22.0. The van der Waals surface area contributed by atoms with Gasteiger partial charge in [0.05, 0.1) is 24.0 Å². The first kappa shape index (κ1) is 25.2. The molecule has 35 heavy (non-hydrogen) atoms. The molecule has 0 radical (unpaired) electrons. The summed E-state index contributed by atoms with van der Waals surface area (Å²) in [6, 6.07) is 6.77. The monoisotopic (exact) mass is 480 g/mol. The van der Waals surface area contributed by atoms with Gasteiger partial charge < -0.3 is 24.7 Å². The van der Waals surface area contributed by atoms with E-state index in [0.29, 0.717) is 42.5 Å². The number of piperidine rings is 1. The fourth-order valence-electron chi connectivity index (χ4n) is 4.82. The van der Waals surface area contributed by atoms with E-state index in [-0.39, 0.29) is 12.1 Å². The molecular weight excluding hydrogens is 440 g/mol. The van der Waals surface area contributed by atoms with Crippen molar-refractivity contribution in [2.24, 2.45) is 21.6 Å². The first-order chi connectivity index (χ1) is 16.7. The Labute approximate surface area is 209 Å². The number of fused-ring (bicyclic) bond motifs is 3. The molecule has 2 aliphatic rings. The Balaban J connectivity index is 1.54. The Morgan fingerprint density at radius 2 is 1.89 bits per heavy atom. The van der Waals surface area contributed by atoms with Crippen molar-refractivity contribution in [1.82, 2.24) is 14.5 Å². The molecule has 1 saturated heterocycles. The van der Waals surface area contributed by atoms with Gasteiger partial charge in [-0.05, 0) is 85.5 Å². The van der Waals surface area contributed by atoms with Crippen molar-refractivity contribution in [3.63, 3.8) is 0 Å². The average Bonchev–Trinajstić information content (AvgIpc) is 3.15. The first-order valence-electron chi connectivity index (χ1n) is 12.8. The Hall–Kier alpha value is -2.87. The summed E-state index contributed by atoms with van der Waals surface area (Å²) < 4.78 is 14.6. The van der Waals surface area contributed by atoms with Gasteiger partial charge in [-0.25, -0.2) is 9.98 Å². The molecule has 1 aromatic heterocycles. The molecule has 3 heterocycles. The number of hydrogen-bond acceptors (Lipinski definition) is 5. The molecule has 8 heteroatoms. The van der Waals surface area contributed by atoms with Gasteiger partial charge in [0.2, 0.25) is 0 Å². The number of nitrogens with two attached hydrogens (primary N) is 1. The molecule has 0 amide bonds. The summed E-state index contributed by atoms with van der Waals surface area (Å²) in [5, 5.41) is 0. The third kappa shape index (κ3) is 6.04. The largest absolute Gasteiger partial charge is 0.491 e. The lowest BCUT2D eigenvalue weighted by molar-refractivity contribution is 0.0756. The van der Waals surface area contributed by atoms with Crippen LogP contribution in [-0.4, -0.2) is 64.0 Å². The predicted octanol–water partition coefficient (Wildman–Crippen LogP) is 4.36. The lowest BCUT2D eigenvalue weighted by atomic mass is 9.91. The van der Waals surface area contributed by atoms with Crippen molar-refractivity contribution in [2.45, 2.75) is 79.1 Å². The van der Waals surface area contributed by atoms with Gasteiger partial charge in [0.15, 0.2) is 5.84 Å². The van der Waals surface area contributed by atoms with Gasteiger partial charge in [0.1, 0.15) is 29.6 Å². The van der Waals surface area contributed by atoms with Crippen LogP contribution in [0.3, 0.4) is 0 Å². The maximum Gasteiger partial charge on any atom is 0.177 e. The number of ether oxygens (including phenoxy) is 2. The van der Waals surface area contributed by atoms with Crippen molar-refractivity contribution >= 4 is 11.7 Å². The Morgan fingerprint density at radius 3 is 2.54 bits per heavy atom. The van der Waals surface area contributed by atoms with Gasteiger partial charge in [-0.15, -0.1) is 0 Å². The van der Waals surface area contributed by atoms with Crippen LogP contribution in [0.25, 0.3) is 11.4 Å². The van der Waals surface area contributed by atoms with Gasteiger partial charge >= 0.3 is 0 Å². The summed E-state index contributed by atoms with van der Waals surface area (Å²) in [6.07, 6.45) is 4.49. The van der Waals surface area contributed by atoms with Gasteiger partial charge in [0.25, 0.3) is 0 Å². The normalized spacial score (nSPS) is 18.7. The van der Waals surface area contributed by atoms with Crippen molar-refractivity contribution in [3.8, 4) is 22.9 Å². The van der Waals surface area contributed by atoms with E-state index in [1.165, 1.54) is 12.8 Å². The number of rotatable bonds is 6. The molecule has 1 atom stereocenters. The molecule has 1 aromatic carbocycles. The van der Waals surface area contributed by atoms with Gasteiger partial charge in [-0.3, -0.25) is 4.99 Å². The van der Waals surface area contributed by atoms with Crippen LogP contribution in [0.15, 0.2) is 34.4 Å². The molecular formula is C27H40N6O2. The van der Waals surface area contributed by atoms with Crippen LogP contribution in [0.5, 0.6) is 11.5 Å². The Morgan fingerprint density at radius 1 is 1.14 bits per heavy atom. The van der Waals surface area contributed by atoms with E-state index in [4.69, 9.17) is 20.2 Å². The highest BCUT2D eigenvalue weighted by Crippen LogP contribution is 2.36. The minimum Gasteiger partial charge on any atom is -0.491 e. The molecule has 4 rings (SSSR count). The van der Waals surface area contributed by atoms with Crippen molar-refractivity contribution in [1.29, 1.82) is 0 Å². The van der Waals surface area contributed by atoms with Crippen LogP contribution >= 0.6 is 0 Å². The second-order valence-electron chi connectivity index (χ2n) is 10.2. The topological polar surface area (TPSA) is 90.3 Å². The minimum absolute atomic E-state index is 0.0875. The molecule has 0 spiro atoms. The van der Waals surface area contributed by atoms with E-state index in [0.717, 1.165) is 36.0 Å². The lowest BCUT2D eigenvalue weighted by Gasteiger charge is -2.36. The molecule has 2 aliphatic heterocycles. The molecule has 0 saturated carbocycles. The van der Waals surface area contributed by atoms with E-state index < -0.39 is 0 Å². The standard InChI is InChI=1S/C27H40N6O2/c1-17(2)29-26(30-20(6)28)24-16-33-13-14-34-25-15-22(7-8-23(25)27(33)31-24)35-19(5)21-9-11-32(12-10-21)18(3)4/h7-8,15-19,21H,9-14H2,1-6H3,(H2,28,29,30). The molecule has 0 aliphatic carbocycles. The number of hydrogen-bond donors (Lipinski definition) is 1. The third-order valence-electron chi connectivity index (χ3n) is 6.74. The average molecular weight is 481 g/mol. The quantitative estimate of drug-likeness (QED) is 0.490. The van der Waals surface area contributed by atoms with Crippen molar-refractivity contribution < 1.29 is 9.47 Å². The highest BCUT2D eigenvalue weighted by Gasteiger charge is 2.27. The van der Waals surface area contributed by atoms with Gasteiger partial charge in [-0.2, -0.15) is 0 Å². The van der Waals surface area contributed by atoms with E-state index in [1.807, 2.05) is 38.2 Å². The van der Waals surface area contributed by atoms with Crippen LogP contribution in [0, 0.1) is 5.92 Å². The molecule has 8 nitrogen and oxygen atoms in total. The zero-order valence-corrected chi connectivity index (χ0v) is 22.0. The second kappa shape index (κ2) is 10.8. The molecule has 2 aromatic rings. The minimum atomic E-state index is 0.0875. The summed E-state index contributed by atoms with van der Waals surface area (Å²) >= 11 is 0. The number of amidine groups is 2. The fourth-order valence-corrected chi connectivity index (χ4v) is 4.82. The molecule has 1 fully saturated rings. The maximum absolute atomic E-state index is 6.40. The van der Waals surface area contributed by atoms with E-state index in [1.54, 1.807) is 6.92 Å². The van der Waals surface area contributed by atoms with Gasteiger partial charge in [-0.1, -0.05) is 0 Å². The molecule has 2 N–H and O–H groups in total. The summed E-state index contributed by atoms with van der Waals surface area (Å²) in [5.41, 5.74) is 7.52. The smallest absolute Gasteiger partial charge is 0.177 e. The first-order valence-corrected chi connectivity index (χ1v) is 12.8. The van der Waals surface area contributed by atoms with Crippen LogP contribution in [0.1, 0.15) is 60.1 Å².